The largest absolute Gasteiger partial charge is 0.434 e. The first-order valence-electron chi connectivity index (χ1n) is 6.46. The standard InChI is InChI=1S/C14H15F2N3O2S/c1-8-2-3-11(21-14(15)16)9(4-8)6-18-13(20)10-7-22-12(5-17)19-10/h2-4,7,14H,5-6,17H2,1H3,(H,18,20). The number of hydrogen-bond donors (Lipinski definition) is 2. The van der Waals surface area contributed by atoms with Crippen molar-refractivity contribution in [2.75, 3.05) is 0 Å². The van der Waals surface area contributed by atoms with Crippen LogP contribution in [0.5, 0.6) is 5.75 Å². The van der Waals surface area contributed by atoms with E-state index in [1.807, 2.05) is 6.92 Å². The molecule has 0 aliphatic carbocycles. The van der Waals surface area contributed by atoms with E-state index < -0.39 is 6.61 Å². The minimum Gasteiger partial charge on any atom is -0.434 e. The lowest BCUT2D eigenvalue weighted by atomic mass is 10.1. The molecule has 0 saturated heterocycles. The third-order valence-electron chi connectivity index (χ3n) is 2.83. The van der Waals surface area contributed by atoms with Crippen LogP contribution in [0.2, 0.25) is 0 Å². The highest BCUT2D eigenvalue weighted by molar-refractivity contribution is 7.09. The Balaban J connectivity index is 2.06. The van der Waals surface area contributed by atoms with Gasteiger partial charge in [-0.25, -0.2) is 4.98 Å². The lowest BCUT2D eigenvalue weighted by Gasteiger charge is -2.12. The van der Waals surface area contributed by atoms with Gasteiger partial charge in [-0.3, -0.25) is 4.79 Å². The molecule has 8 heteroatoms. The lowest BCUT2D eigenvalue weighted by Crippen LogP contribution is -2.23. The molecule has 22 heavy (non-hydrogen) atoms. The predicted molar refractivity (Wildman–Crippen MR) is 79.0 cm³/mol. The molecule has 1 amide bonds. The zero-order valence-corrected chi connectivity index (χ0v) is 12.6. The van der Waals surface area contributed by atoms with E-state index in [1.165, 1.54) is 17.4 Å². The Labute approximate surface area is 130 Å². The van der Waals surface area contributed by atoms with Crippen molar-refractivity contribution in [3.8, 4) is 5.75 Å². The van der Waals surface area contributed by atoms with Gasteiger partial charge in [0.15, 0.2) is 0 Å². The maximum Gasteiger partial charge on any atom is 0.387 e. The number of aryl methyl sites for hydroxylation is 1. The second-order valence-electron chi connectivity index (χ2n) is 4.50. The first kappa shape index (κ1) is 16.3. The highest BCUT2D eigenvalue weighted by Gasteiger charge is 2.13. The summed E-state index contributed by atoms with van der Waals surface area (Å²) in [4.78, 5) is 16.0. The lowest BCUT2D eigenvalue weighted by molar-refractivity contribution is -0.0504. The molecular weight excluding hydrogens is 312 g/mol. The molecule has 1 aromatic heterocycles. The van der Waals surface area contributed by atoms with E-state index in [4.69, 9.17) is 5.73 Å². The molecule has 1 aromatic carbocycles. The van der Waals surface area contributed by atoms with Crippen molar-refractivity contribution in [1.29, 1.82) is 0 Å². The summed E-state index contributed by atoms with van der Waals surface area (Å²) < 4.78 is 29.2. The summed E-state index contributed by atoms with van der Waals surface area (Å²) in [5.74, 6) is -0.345. The van der Waals surface area contributed by atoms with E-state index in [0.717, 1.165) is 5.56 Å². The number of ether oxygens (including phenoxy) is 1. The minimum absolute atomic E-state index is 0.0434. The van der Waals surface area contributed by atoms with Crippen molar-refractivity contribution in [1.82, 2.24) is 10.3 Å². The van der Waals surface area contributed by atoms with Gasteiger partial charge in [-0.2, -0.15) is 8.78 Å². The third kappa shape index (κ3) is 4.22. The van der Waals surface area contributed by atoms with Crippen LogP contribution in [0.1, 0.15) is 26.6 Å². The van der Waals surface area contributed by atoms with Gasteiger partial charge in [0.1, 0.15) is 16.5 Å². The average Bonchev–Trinajstić information content (AvgIpc) is 2.95. The van der Waals surface area contributed by atoms with E-state index in [9.17, 15) is 13.6 Å². The minimum atomic E-state index is -2.91. The van der Waals surface area contributed by atoms with Crippen LogP contribution in [0.15, 0.2) is 23.6 Å². The summed E-state index contributed by atoms with van der Waals surface area (Å²) >= 11 is 1.29. The summed E-state index contributed by atoms with van der Waals surface area (Å²) in [7, 11) is 0. The number of carbonyl (C=O) groups is 1. The first-order valence-corrected chi connectivity index (χ1v) is 7.34. The van der Waals surface area contributed by atoms with Gasteiger partial charge >= 0.3 is 6.61 Å². The molecule has 5 nitrogen and oxygen atoms in total. The van der Waals surface area contributed by atoms with E-state index in [0.29, 0.717) is 10.6 Å². The molecule has 2 aromatic rings. The fourth-order valence-electron chi connectivity index (χ4n) is 1.83. The number of rotatable bonds is 6. The second kappa shape index (κ2) is 7.28. The van der Waals surface area contributed by atoms with Crippen LogP contribution in [-0.4, -0.2) is 17.5 Å². The molecule has 118 valence electrons. The van der Waals surface area contributed by atoms with Crippen molar-refractivity contribution in [3.63, 3.8) is 0 Å². The fourth-order valence-corrected chi connectivity index (χ4v) is 2.49. The first-order chi connectivity index (χ1) is 10.5. The van der Waals surface area contributed by atoms with Crippen LogP contribution in [0, 0.1) is 6.92 Å². The third-order valence-corrected chi connectivity index (χ3v) is 3.70. The number of benzene rings is 1. The molecule has 0 spiro atoms. The number of thiazole rings is 1. The van der Waals surface area contributed by atoms with Gasteiger partial charge in [0.2, 0.25) is 0 Å². The molecule has 0 aliphatic rings. The number of nitrogens with one attached hydrogen (secondary N) is 1. The number of alkyl halides is 2. The summed E-state index contributed by atoms with van der Waals surface area (Å²) in [6.45, 7) is -0.756. The average molecular weight is 327 g/mol. The van der Waals surface area contributed by atoms with Crippen molar-refractivity contribution in [3.05, 3.63) is 45.4 Å². The molecular formula is C14H15F2N3O2S. The van der Waals surface area contributed by atoms with Crippen molar-refractivity contribution >= 4 is 17.2 Å². The number of amides is 1. The van der Waals surface area contributed by atoms with Crippen LogP contribution in [0.25, 0.3) is 0 Å². The maximum atomic E-state index is 12.4. The van der Waals surface area contributed by atoms with Gasteiger partial charge in [0, 0.05) is 24.0 Å². The summed E-state index contributed by atoms with van der Waals surface area (Å²) in [5.41, 5.74) is 7.05. The zero-order chi connectivity index (χ0) is 16.1. The van der Waals surface area contributed by atoms with Crippen LogP contribution >= 0.6 is 11.3 Å². The normalized spacial score (nSPS) is 10.8. The Morgan fingerprint density at radius 1 is 1.50 bits per heavy atom. The quantitative estimate of drug-likeness (QED) is 0.854. The van der Waals surface area contributed by atoms with Crippen LogP contribution < -0.4 is 15.8 Å². The fraction of sp³-hybridized carbons (Fsp3) is 0.286. The predicted octanol–water partition coefficient (Wildman–Crippen LogP) is 2.44. The molecule has 1 heterocycles. The number of carbonyl (C=O) groups excluding carboxylic acids is 1. The highest BCUT2D eigenvalue weighted by atomic mass is 32.1. The Kier molecular flexibility index (Phi) is 5.40. The molecule has 0 aliphatic heterocycles. The van der Waals surface area contributed by atoms with E-state index in [2.05, 4.69) is 15.0 Å². The Morgan fingerprint density at radius 2 is 2.27 bits per heavy atom. The SMILES string of the molecule is Cc1ccc(OC(F)F)c(CNC(=O)c2csc(CN)n2)c1. The molecule has 3 N–H and O–H groups in total. The number of aromatic nitrogens is 1. The van der Waals surface area contributed by atoms with Gasteiger partial charge in [-0.05, 0) is 13.0 Å². The maximum absolute atomic E-state index is 12.4. The molecule has 0 saturated carbocycles. The van der Waals surface area contributed by atoms with Gasteiger partial charge < -0.3 is 15.8 Å². The van der Waals surface area contributed by atoms with E-state index >= 15 is 0 Å². The number of nitrogens with two attached hydrogens (primary N) is 1. The topological polar surface area (TPSA) is 77.2 Å². The monoisotopic (exact) mass is 327 g/mol. The van der Waals surface area contributed by atoms with Crippen LogP contribution in [-0.2, 0) is 13.1 Å². The van der Waals surface area contributed by atoms with Crippen LogP contribution in [0.4, 0.5) is 8.78 Å². The highest BCUT2D eigenvalue weighted by Crippen LogP contribution is 2.22. The molecule has 0 atom stereocenters. The molecule has 0 bridgehead atoms. The summed E-state index contributed by atoms with van der Waals surface area (Å²) in [5, 5.41) is 4.89. The van der Waals surface area contributed by atoms with Gasteiger partial charge in [-0.1, -0.05) is 17.7 Å². The van der Waals surface area contributed by atoms with Gasteiger partial charge in [0.25, 0.3) is 5.91 Å². The number of halogens is 2. The zero-order valence-electron chi connectivity index (χ0n) is 11.8. The van der Waals surface area contributed by atoms with Crippen molar-refractivity contribution in [2.24, 2.45) is 5.73 Å². The van der Waals surface area contributed by atoms with Crippen LogP contribution in [0.3, 0.4) is 0 Å². The van der Waals surface area contributed by atoms with Gasteiger partial charge in [0.05, 0.1) is 0 Å². The Hall–Kier alpha value is -2.06. The molecule has 2 rings (SSSR count). The van der Waals surface area contributed by atoms with E-state index in [1.54, 1.807) is 17.5 Å². The Bertz CT molecular complexity index is 661. The van der Waals surface area contributed by atoms with E-state index in [-0.39, 0.29) is 30.4 Å². The van der Waals surface area contributed by atoms with Crippen molar-refractivity contribution < 1.29 is 18.3 Å². The molecule has 0 radical (unpaired) electrons. The summed E-state index contributed by atoms with van der Waals surface area (Å²) in [6, 6.07) is 4.81. The van der Waals surface area contributed by atoms with Gasteiger partial charge in [-0.15, -0.1) is 11.3 Å². The number of hydrogen-bond acceptors (Lipinski definition) is 5. The smallest absolute Gasteiger partial charge is 0.387 e. The second-order valence-corrected chi connectivity index (χ2v) is 5.45. The van der Waals surface area contributed by atoms with Crippen molar-refractivity contribution in [2.45, 2.75) is 26.6 Å². The number of nitrogens with zero attached hydrogens (tertiary/aromatic N) is 1. The molecule has 0 unspecified atom stereocenters. The molecule has 0 fully saturated rings. The summed E-state index contributed by atoms with van der Waals surface area (Å²) in [6.07, 6.45) is 0. The Morgan fingerprint density at radius 3 is 2.91 bits per heavy atom.